The molecular weight excluding hydrogens is 238 g/mol. The van der Waals surface area contributed by atoms with Crippen molar-refractivity contribution in [2.75, 3.05) is 7.05 Å². The largest absolute Gasteiger partial charge is 0.317 e. The van der Waals surface area contributed by atoms with Crippen LogP contribution in [0.25, 0.3) is 0 Å². The van der Waals surface area contributed by atoms with Gasteiger partial charge < -0.3 is 5.32 Å². The molecule has 0 saturated heterocycles. The average molecular weight is 265 g/mol. The number of aryl methyl sites for hydroxylation is 1. The molecule has 1 aromatic rings. The van der Waals surface area contributed by atoms with Gasteiger partial charge in [0.15, 0.2) is 0 Å². The summed E-state index contributed by atoms with van der Waals surface area (Å²) in [5, 5.41) is 3.54. The van der Waals surface area contributed by atoms with E-state index in [-0.39, 0.29) is 0 Å². The van der Waals surface area contributed by atoms with Crippen molar-refractivity contribution in [3.05, 3.63) is 21.9 Å². The highest BCUT2D eigenvalue weighted by Crippen LogP contribution is 2.34. The minimum atomic E-state index is 0.736. The van der Waals surface area contributed by atoms with Gasteiger partial charge in [0.25, 0.3) is 0 Å². The van der Waals surface area contributed by atoms with E-state index < -0.39 is 0 Å². The molecule has 3 unspecified atom stereocenters. The number of hydrogen-bond donors (Lipinski definition) is 1. The molecule has 0 aliphatic heterocycles. The van der Waals surface area contributed by atoms with Gasteiger partial charge in [-0.05, 0) is 63.1 Å². The smallest absolute Gasteiger partial charge is 0.00959 e. The predicted octanol–water partition coefficient (Wildman–Crippen LogP) is 4.27. The zero-order chi connectivity index (χ0) is 13.0. The Morgan fingerprint density at radius 2 is 2.00 bits per heavy atom. The Hall–Kier alpha value is -0.340. The number of nitrogens with one attached hydrogen (secondary N) is 1. The summed E-state index contributed by atoms with van der Waals surface area (Å²) < 4.78 is 0. The van der Waals surface area contributed by atoms with Crippen molar-refractivity contribution in [2.24, 2.45) is 11.8 Å². The zero-order valence-electron chi connectivity index (χ0n) is 12.0. The molecule has 0 spiro atoms. The van der Waals surface area contributed by atoms with Crippen molar-refractivity contribution in [2.45, 2.75) is 58.4 Å². The first-order chi connectivity index (χ1) is 8.76. The number of thiophene rings is 1. The van der Waals surface area contributed by atoms with Gasteiger partial charge in [-0.15, -0.1) is 11.3 Å². The standard InChI is InChI=1S/C16H27NS/c1-4-12-6-9-16(17-3)13(10-12)11-15-8-7-14(5-2)18-15/h7-8,12-13,16-17H,4-6,9-11H2,1-3H3. The topological polar surface area (TPSA) is 12.0 Å². The Balaban J connectivity index is 1.99. The average Bonchev–Trinajstić information content (AvgIpc) is 2.86. The third-order valence-corrected chi connectivity index (χ3v) is 5.82. The Labute approximate surface area is 116 Å². The molecular formula is C16H27NS. The van der Waals surface area contributed by atoms with Crippen molar-refractivity contribution in [3.63, 3.8) is 0 Å². The van der Waals surface area contributed by atoms with Crippen LogP contribution in [0.1, 0.15) is 49.3 Å². The van der Waals surface area contributed by atoms with Gasteiger partial charge in [-0.3, -0.25) is 0 Å². The van der Waals surface area contributed by atoms with Crippen LogP contribution < -0.4 is 5.32 Å². The summed E-state index contributed by atoms with van der Waals surface area (Å²) in [4.78, 5) is 3.13. The Kier molecular flexibility index (Phi) is 5.25. The predicted molar refractivity (Wildman–Crippen MR) is 81.4 cm³/mol. The summed E-state index contributed by atoms with van der Waals surface area (Å²) in [6.45, 7) is 4.60. The second-order valence-corrected chi connectivity index (χ2v) is 6.92. The number of hydrogen-bond acceptors (Lipinski definition) is 2. The highest BCUT2D eigenvalue weighted by Gasteiger charge is 2.29. The second kappa shape index (κ2) is 6.72. The Morgan fingerprint density at radius 3 is 2.61 bits per heavy atom. The van der Waals surface area contributed by atoms with E-state index in [1.54, 1.807) is 4.88 Å². The fraction of sp³-hybridized carbons (Fsp3) is 0.750. The highest BCUT2D eigenvalue weighted by molar-refractivity contribution is 7.11. The third kappa shape index (κ3) is 3.36. The van der Waals surface area contributed by atoms with Crippen LogP contribution in [0.3, 0.4) is 0 Å². The van der Waals surface area contributed by atoms with E-state index in [0.717, 1.165) is 17.9 Å². The summed E-state index contributed by atoms with van der Waals surface area (Å²) in [5.74, 6) is 1.81. The minimum Gasteiger partial charge on any atom is -0.317 e. The van der Waals surface area contributed by atoms with Crippen LogP contribution in [0.5, 0.6) is 0 Å². The molecule has 1 N–H and O–H groups in total. The van der Waals surface area contributed by atoms with Crippen molar-refractivity contribution >= 4 is 11.3 Å². The first kappa shape index (κ1) is 14.1. The van der Waals surface area contributed by atoms with Gasteiger partial charge in [-0.1, -0.05) is 20.3 Å². The van der Waals surface area contributed by atoms with E-state index in [4.69, 9.17) is 0 Å². The van der Waals surface area contributed by atoms with E-state index in [2.05, 4.69) is 38.3 Å². The van der Waals surface area contributed by atoms with Crippen LogP contribution in [-0.4, -0.2) is 13.1 Å². The maximum atomic E-state index is 3.54. The summed E-state index contributed by atoms with van der Waals surface area (Å²) in [6.07, 6.45) is 8.03. The molecule has 0 radical (unpaired) electrons. The van der Waals surface area contributed by atoms with Crippen molar-refractivity contribution in [1.82, 2.24) is 5.32 Å². The molecule has 3 atom stereocenters. The first-order valence-electron chi connectivity index (χ1n) is 7.51. The number of rotatable bonds is 5. The molecule has 1 aliphatic rings. The van der Waals surface area contributed by atoms with Crippen molar-refractivity contribution in [3.8, 4) is 0 Å². The Bertz CT molecular complexity index is 358. The monoisotopic (exact) mass is 265 g/mol. The molecule has 0 aromatic carbocycles. The molecule has 1 aromatic heterocycles. The second-order valence-electron chi connectivity index (χ2n) is 5.67. The van der Waals surface area contributed by atoms with Gasteiger partial charge in [0.1, 0.15) is 0 Å². The molecule has 1 fully saturated rings. The van der Waals surface area contributed by atoms with Crippen LogP contribution in [0.4, 0.5) is 0 Å². The molecule has 102 valence electrons. The SMILES string of the molecule is CCc1ccc(CC2CC(CC)CCC2NC)s1. The summed E-state index contributed by atoms with van der Waals surface area (Å²) in [7, 11) is 2.13. The van der Waals surface area contributed by atoms with E-state index >= 15 is 0 Å². The summed E-state index contributed by atoms with van der Waals surface area (Å²) >= 11 is 2.02. The molecule has 0 bridgehead atoms. The fourth-order valence-corrected chi connectivity index (χ4v) is 4.37. The van der Waals surface area contributed by atoms with Gasteiger partial charge in [-0.25, -0.2) is 0 Å². The molecule has 1 heterocycles. The lowest BCUT2D eigenvalue weighted by Gasteiger charge is -2.35. The van der Waals surface area contributed by atoms with E-state index in [1.807, 2.05) is 11.3 Å². The molecule has 1 saturated carbocycles. The molecule has 2 heteroatoms. The molecule has 1 nitrogen and oxygen atoms in total. The minimum absolute atomic E-state index is 0.736. The van der Waals surface area contributed by atoms with Crippen molar-refractivity contribution in [1.29, 1.82) is 0 Å². The van der Waals surface area contributed by atoms with Gasteiger partial charge in [0.05, 0.1) is 0 Å². The van der Waals surface area contributed by atoms with Gasteiger partial charge >= 0.3 is 0 Å². The summed E-state index contributed by atoms with van der Waals surface area (Å²) in [5.41, 5.74) is 0. The van der Waals surface area contributed by atoms with E-state index in [9.17, 15) is 0 Å². The van der Waals surface area contributed by atoms with Gasteiger partial charge in [-0.2, -0.15) is 0 Å². The summed E-state index contributed by atoms with van der Waals surface area (Å²) in [6, 6.07) is 5.40. The maximum Gasteiger partial charge on any atom is 0.00959 e. The third-order valence-electron chi connectivity index (χ3n) is 4.57. The van der Waals surface area contributed by atoms with E-state index in [0.29, 0.717) is 0 Å². The van der Waals surface area contributed by atoms with Crippen LogP contribution in [0.15, 0.2) is 12.1 Å². The van der Waals surface area contributed by atoms with Gasteiger partial charge in [0.2, 0.25) is 0 Å². The van der Waals surface area contributed by atoms with Crippen LogP contribution in [0.2, 0.25) is 0 Å². The molecule has 2 rings (SSSR count). The lowest BCUT2D eigenvalue weighted by molar-refractivity contribution is 0.206. The highest BCUT2D eigenvalue weighted by atomic mass is 32.1. The quantitative estimate of drug-likeness (QED) is 0.838. The Morgan fingerprint density at radius 1 is 1.22 bits per heavy atom. The van der Waals surface area contributed by atoms with Crippen molar-refractivity contribution < 1.29 is 0 Å². The van der Waals surface area contributed by atoms with Crippen LogP contribution in [0, 0.1) is 11.8 Å². The van der Waals surface area contributed by atoms with E-state index in [1.165, 1.54) is 43.4 Å². The lowest BCUT2D eigenvalue weighted by atomic mass is 9.75. The first-order valence-corrected chi connectivity index (χ1v) is 8.33. The fourth-order valence-electron chi connectivity index (χ4n) is 3.32. The van der Waals surface area contributed by atoms with Crippen LogP contribution in [-0.2, 0) is 12.8 Å². The van der Waals surface area contributed by atoms with Gasteiger partial charge in [0, 0.05) is 15.8 Å². The normalized spacial score (nSPS) is 28.5. The lowest BCUT2D eigenvalue weighted by Crippen LogP contribution is -2.39. The molecule has 0 amide bonds. The molecule has 18 heavy (non-hydrogen) atoms. The maximum absolute atomic E-state index is 3.54. The molecule has 1 aliphatic carbocycles. The zero-order valence-corrected chi connectivity index (χ0v) is 12.9. The van der Waals surface area contributed by atoms with Crippen LogP contribution >= 0.6 is 11.3 Å².